The molecule has 26 heavy (non-hydrogen) atoms. The zero-order valence-corrected chi connectivity index (χ0v) is 15.0. The molecule has 0 atom stereocenters. The molecule has 4 aliphatic carbocycles. The average Bonchev–Trinajstić information content (AvgIpc) is 2.69. The van der Waals surface area contributed by atoms with Gasteiger partial charge in [0.25, 0.3) is 0 Å². The van der Waals surface area contributed by atoms with E-state index < -0.39 is 0 Å². The molecule has 0 aliphatic heterocycles. The van der Waals surface area contributed by atoms with Gasteiger partial charge in [-0.15, -0.1) is 0 Å². The zero-order valence-electron chi connectivity index (χ0n) is 15.0. The summed E-state index contributed by atoms with van der Waals surface area (Å²) in [6.07, 6.45) is 4.64. The van der Waals surface area contributed by atoms with E-state index in [0.29, 0.717) is 0 Å². The summed E-state index contributed by atoms with van der Waals surface area (Å²) < 4.78 is 5.60. The SMILES string of the molecule is COc1ccccc1-c1cc2ccc1CCc1ccc(cc1C=O)CC2. The van der Waals surface area contributed by atoms with Crippen LogP contribution in [0.2, 0.25) is 0 Å². The van der Waals surface area contributed by atoms with Gasteiger partial charge in [0.2, 0.25) is 0 Å². The van der Waals surface area contributed by atoms with Crippen molar-refractivity contribution in [3.05, 3.63) is 88.5 Å². The molecule has 0 N–H and O–H groups in total. The molecule has 2 nitrogen and oxygen atoms in total. The minimum atomic E-state index is 0.830. The molecule has 4 aliphatic rings. The quantitative estimate of drug-likeness (QED) is 0.622. The summed E-state index contributed by atoms with van der Waals surface area (Å²) >= 11 is 0. The molecule has 3 aromatic rings. The third-order valence-electron chi connectivity index (χ3n) is 5.27. The first-order valence-electron chi connectivity index (χ1n) is 9.10. The van der Waals surface area contributed by atoms with E-state index in [4.69, 9.17) is 4.74 Å². The molecule has 2 heteroatoms. The van der Waals surface area contributed by atoms with E-state index in [9.17, 15) is 4.79 Å². The Balaban J connectivity index is 1.82. The Morgan fingerprint density at radius 3 is 2.23 bits per heavy atom. The lowest BCUT2D eigenvalue weighted by atomic mass is 9.89. The largest absolute Gasteiger partial charge is 0.496 e. The van der Waals surface area contributed by atoms with Crippen molar-refractivity contribution in [1.29, 1.82) is 0 Å². The van der Waals surface area contributed by atoms with Gasteiger partial charge < -0.3 is 4.74 Å². The van der Waals surface area contributed by atoms with Gasteiger partial charge in [0.05, 0.1) is 7.11 Å². The fourth-order valence-electron chi connectivity index (χ4n) is 3.81. The van der Waals surface area contributed by atoms with Crippen LogP contribution in [-0.4, -0.2) is 13.4 Å². The second kappa shape index (κ2) is 7.17. The van der Waals surface area contributed by atoms with Crippen LogP contribution in [0.25, 0.3) is 11.1 Å². The van der Waals surface area contributed by atoms with Crippen molar-refractivity contribution < 1.29 is 9.53 Å². The van der Waals surface area contributed by atoms with E-state index in [2.05, 4.69) is 48.5 Å². The second-order valence-electron chi connectivity index (χ2n) is 6.84. The Bertz CT molecular complexity index is 956. The van der Waals surface area contributed by atoms with Crippen LogP contribution in [0.4, 0.5) is 0 Å². The number of aldehydes is 1. The summed E-state index contributed by atoms with van der Waals surface area (Å²) in [5, 5.41) is 0. The smallest absolute Gasteiger partial charge is 0.150 e. The third-order valence-corrected chi connectivity index (χ3v) is 5.27. The van der Waals surface area contributed by atoms with Crippen LogP contribution in [0.15, 0.2) is 60.7 Å². The maximum absolute atomic E-state index is 11.5. The monoisotopic (exact) mass is 342 g/mol. The lowest BCUT2D eigenvalue weighted by Gasteiger charge is -2.17. The molecule has 0 saturated carbocycles. The zero-order chi connectivity index (χ0) is 17.9. The van der Waals surface area contributed by atoms with Crippen LogP contribution >= 0.6 is 0 Å². The molecule has 0 unspecified atom stereocenters. The lowest BCUT2D eigenvalue weighted by molar-refractivity contribution is 0.112. The normalized spacial score (nSPS) is 13.1. The molecule has 0 heterocycles. The average molecular weight is 342 g/mol. The molecule has 0 spiro atoms. The second-order valence-corrected chi connectivity index (χ2v) is 6.84. The molecule has 0 fully saturated rings. The van der Waals surface area contributed by atoms with Gasteiger partial charge in [-0.05, 0) is 65.6 Å². The molecular weight excluding hydrogens is 320 g/mol. The maximum atomic E-state index is 11.5. The Kier molecular flexibility index (Phi) is 4.57. The minimum Gasteiger partial charge on any atom is -0.496 e. The number of carbonyl (C=O) groups is 1. The summed E-state index contributed by atoms with van der Waals surface area (Å²) in [5.41, 5.74) is 8.15. The Morgan fingerprint density at radius 2 is 1.46 bits per heavy atom. The van der Waals surface area contributed by atoms with Crippen molar-refractivity contribution in [2.45, 2.75) is 25.7 Å². The van der Waals surface area contributed by atoms with Crippen LogP contribution in [0.1, 0.15) is 32.6 Å². The van der Waals surface area contributed by atoms with Crippen LogP contribution in [-0.2, 0) is 25.7 Å². The molecule has 3 aromatic carbocycles. The third kappa shape index (κ3) is 3.15. The van der Waals surface area contributed by atoms with Gasteiger partial charge in [-0.3, -0.25) is 4.79 Å². The Morgan fingerprint density at radius 1 is 0.769 bits per heavy atom. The minimum absolute atomic E-state index is 0.830. The first-order chi connectivity index (χ1) is 12.8. The molecule has 4 bridgehead atoms. The van der Waals surface area contributed by atoms with E-state index in [1.165, 1.54) is 22.3 Å². The number of ether oxygens (including phenoxy) is 1. The standard InChI is InChI=1S/C24H22O2/c1-26-24-5-3-2-4-22(24)23-15-18-7-6-17-8-10-19(21(14-17)16-25)12-13-20(23)11-9-18/h2-5,8-11,14-16H,6-7,12-13H2,1H3. The van der Waals surface area contributed by atoms with Crippen molar-refractivity contribution in [3.8, 4) is 16.9 Å². The first kappa shape index (κ1) is 16.6. The molecule has 0 amide bonds. The number of aryl methyl sites for hydroxylation is 4. The van der Waals surface area contributed by atoms with Gasteiger partial charge >= 0.3 is 0 Å². The lowest BCUT2D eigenvalue weighted by Crippen LogP contribution is -2.03. The van der Waals surface area contributed by atoms with Crippen LogP contribution < -0.4 is 4.74 Å². The topological polar surface area (TPSA) is 26.3 Å². The van der Waals surface area contributed by atoms with Crippen LogP contribution in [0.5, 0.6) is 5.75 Å². The molecular formula is C24H22O2. The number of benzene rings is 3. The molecule has 7 rings (SSSR count). The van der Waals surface area contributed by atoms with Gasteiger partial charge in [-0.25, -0.2) is 0 Å². The highest BCUT2D eigenvalue weighted by molar-refractivity contribution is 5.78. The van der Waals surface area contributed by atoms with Gasteiger partial charge in [0.15, 0.2) is 0 Å². The number of rotatable bonds is 3. The fourth-order valence-corrected chi connectivity index (χ4v) is 3.81. The van der Waals surface area contributed by atoms with Gasteiger partial charge in [-0.2, -0.15) is 0 Å². The highest BCUT2D eigenvalue weighted by Crippen LogP contribution is 2.34. The number of hydrogen-bond acceptors (Lipinski definition) is 2. The van der Waals surface area contributed by atoms with Crippen molar-refractivity contribution in [3.63, 3.8) is 0 Å². The van der Waals surface area contributed by atoms with E-state index in [0.717, 1.165) is 54.4 Å². The fraction of sp³-hybridized carbons (Fsp3) is 0.208. The van der Waals surface area contributed by atoms with Crippen LogP contribution in [0, 0.1) is 0 Å². The van der Waals surface area contributed by atoms with Crippen molar-refractivity contribution >= 4 is 6.29 Å². The van der Waals surface area contributed by atoms with E-state index in [1.54, 1.807) is 7.11 Å². The highest BCUT2D eigenvalue weighted by Gasteiger charge is 2.14. The molecule has 0 aromatic heterocycles. The number of para-hydroxylation sites is 1. The predicted octanol–water partition coefficient (Wildman–Crippen LogP) is 5.06. The summed E-state index contributed by atoms with van der Waals surface area (Å²) in [5.74, 6) is 0.898. The summed E-state index contributed by atoms with van der Waals surface area (Å²) in [4.78, 5) is 11.5. The van der Waals surface area contributed by atoms with Crippen molar-refractivity contribution in [1.82, 2.24) is 0 Å². The Labute approximate surface area is 154 Å². The first-order valence-corrected chi connectivity index (χ1v) is 9.10. The van der Waals surface area contributed by atoms with Gasteiger partial charge in [0, 0.05) is 11.1 Å². The predicted molar refractivity (Wildman–Crippen MR) is 105 cm³/mol. The van der Waals surface area contributed by atoms with E-state index in [1.807, 2.05) is 12.1 Å². The number of hydrogen-bond donors (Lipinski definition) is 0. The van der Waals surface area contributed by atoms with Gasteiger partial charge in [-0.1, -0.05) is 48.5 Å². The summed E-state index contributed by atoms with van der Waals surface area (Å²) in [7, 11) is 1.72. The van der Waals surface area contributed by atoms with Crippen molar-refractivity contribution in [2.75, 3.05) is 7.11 Å². The maximum Gasteiger partial charge on any atom is 0.150 e. The van der Waals surface area contributed by atoms with Gasteiger partial charge in [0.1, 0.15) is 12.0 Å². The summed E-state index contributed by atoms with van der Waals surface area (Å²) in [6.45, 7) is 0. The van der Waals surface area contributed by atoms with E-state index in [-0.39, 0.29) is 0 Å². The highest BCUT2D eigenvalue weighted by atomic mass is 16.5. The molecule has 130 valence electrons. The van der Waals surface area contributed by atoms with Crippen LogP contribution in [0.3, 0.4) is 0 Å². The van der Waals surface area contributed by atoms with Crippen molar-refractivity contribution in [2.24, 2.45) is 0 Å². The Hall–Kier alpha value is -2.87. The number of carbonyl (C=O) groups excluding carboxylic acids is 1. The molecule has 0 radical (unpaired) electrons. The molecule has 0 saturated heterocycles. The number of methoxy groups -OCH3 is 1. The van der Waals surface area contributed by atoms with E-state index >= 15 is 0 Å². The summed E-state index contributed by atoms with van der Waals surface area (Å²) in [6, 6.07) is 21.3.